The highest BCUT2D eigenvalue weighted by atomic mass is 19.1. The van der Waals surface area contributed by atoms with Gasteiger partial charge in [0.2, 0.25) is 5.91 Å². The number of nitrogens with one attached hydrogen (secondary N) is 1. The molecule has 1 unspecified atom stereocenters. The van der Waals surface area contributed by atoms with Crippen LogP contribution in [0.4, 0.5) is 10.1 Å². The van der Waals surface area contributed by atoms with Gasteiger partial charge in [-0.3, -0.25) is 9.59 Å². The third kappa shape index (κ3) is 2.32. The molecule has 0 bridgehead atoms. The van der Waals surface area contributed by atoms with Crippen LogP contribution in [0.25, 0.3) is 0 Å². The van der Waals surface area contributed by atoms with Crippen LogP contribution >= 0.6 is 0 Å². The van der Waals surface area contributed by atoms with Crippen LogP contribution in [-0.4, -0.2) is 17.0 Å². The van der Waals surface area contributed by atoms with Crippen molar-refractivity contribution in [3.8, 4) is 0 Å². The summed E-state index contributed by atoms with van der Waals surface area (Å²) in [6.07, 6.45) is 2.18. The van der Waals surface area contributed by atoms with Gasteiger partial charge >= 0.3 is 5.97 Å². The van der Waals surface area contributed by atoms with E-state index in [1.54, 1.807) is 6.07 Å². The molecule has 2 aliphatic rings. The fourth-order valence-electron chi connectivity index (χ4n) is 2.78. The first-order valence-electron chi connectivity index (χ1n) is 6.38. The second-order valence-electron chi connectivity index (χ2n) is 5.30. The van der Waals surface area contributed by atoms with Crippen LogP contribution in [0.15, 0.2) is 12.1 Å². The van der Waals surface area contributed by atoms with E-state index < -0.39 is 11.8 Å². The van der Waals surface area contributed by atoms with E-state index >= 15 is 0 Å². The van der Waals surface area contributed by atoms with E-state index in [4.69, 9.17) is 5.11 Å². The van der Waals surface area contributed by atoms with Crippen LogP contribution in [0, 0.1) is 11.7 Å². The molecule has 1 amide bonds. The lowest BCUT2D eigenvalue weighted by Gasteiger charge is -2.16. The Morgan fingerprint density at radius 2 is 2.21 bits per heavy atom. The van der Waals surface area contributed by atoms with Crippen molar-refractivity contribution in [1.29, 1.82) is 0 Å². The highest BCUT2D eigenvalue weighted by molar-refractivity contribution is 5.99. The smallest absolute Gasteiger partial charge is 0.303 e. The normalized spacial score (nSPS) is 18.9. The standard InChI is InChI=1S/C14H14FNO3/c15-11-4-8(3-9-5-12(17)16-14(9)11)10(6-13(18)19)7-1-2-7/h3-4,7,10H,1-2,5-6H2,(H,16,17)(H,18,19). The number of halogens is 1. The average molecular weight is 263 g/mol. The molecule has 1 saturated carbocycles. The lowest BCUT2D eigenvalue weighted by molar-refractivity contribution is -0.137. The fourth-order valence-corrected chi connectivity index (χ4v) is 2.78. The number of carboxylic acid groups (broad SMARTS) is 1. The second kappa shape index (κ2) is 4.33. The number of carbonyl (C=O) groups is 2. The maximum atomic E-state index is 13.9. The SMILES string of the molecule is O=C(O)CC(c1cc(F)c2c(c1)CC(=O)N2)C1CC1. The van der Waals surface area contributed by atoms with E-state index in [1.165, 1.54) is 6.07 Å². The minimum Gasteiger partial charge on any atom is -0.481 e. The Bertz CT molecular complexity index is 566. The number of benzene rings is 1. The summed E-state index contributed by atoms with van der Waals surface area (Å²) in [5.74, 6) is -1.36. The van der Waals surface area contributed by atoms with Crippen molar-refractivity contribution in [2.45, 2.75) is 31.6 Å². The molecule has 100 valence electrons. The predicted molar refractivity (Wildman–Crippen MR) is 66.5 cm³/mol. The molecule has 1 atom stereocenters. The first-order valence-corrected chi connectivity index (χ1v) is 6.38. The lowest BCUT2D eigenvalue weighted by atomic mass is 9.89. The van der Waals surface area contributed by atoms with Crippen molar-refractivity contribution in [3.63, 3.8) is 0 Å². The van der Waals surface area contributed by atoms with E-state index in [9.17, 15) is 14.0 Å². The zero-order valence-corrected chi connectivity index (χ0v) is 10.3. The predicted octanol–water partition coefficient (Wildman–Crippen LogP) is 2.29. The molecule has 5 heteroatoms. The molecule has 1 fully saturated rings. The molecule has 3 rings (SSSR count). The maximum Gasteiger partial charge on any atom is 0.303 e. The van der Waals surface area contributed by atoms with E-state index in [2.05, 4.69) is 5.32 Å². The molecule has 4 nitrogen and oxygen atoms in total. The third-order valence-electron chi connectivity index (χ3n) is 3.82. The molecule has 0 aromatic heterocycles. The van der Waals surface area contributed by atoms with Gasteiger partial charge in [-0.1, -0.05) is 6.07 Å². The Balaban J connectivity index is 1.96. The van der Waals surface area contributed by atoms with Crippen molar-refractivity contribution in [2.75, 3.05) is 5.32 Å². The van der Waals surface area contributed by atoms with Gasteiger partial charge in [0.05, 0.1) is 18.5 Å². The summed E-state index contributed by atoms with van der Waals surface area (Å²) in [7, 11) is 0. The Labute approximate surface area is 109 Å². The molecule has 0 radical (unpaired) electrons. The number of hydrogen-bond donors (Lipinski definition) is 2. The summed E-state index contributed by atoms with van der Waals surface area (Å²) in [6.45, 7) is 0. The summed E-state index contributed by atoms with van der Waals surface area (Å²) >= 11 is 0. The van der Waals surface area contributed by atoms with Gasteiger partial charge in [-0.2, -0.15) is 0 Å². The first-order chi connectivity index (χ1) is 9.04. The summed E-state index contributed by atoms with van der Waals surface area (Å²) < 4.78 is 13.9. The average Bonchev–Trinajstić information content (AvgIpc) is 3.08. The Hall–Kier alpha value is -1.91. The topological polar surface area (TPSA) is 66.4 Å². The summed E-state index contributed by atoms with van der Waals surface area (Å²) in [6, 6.07) is 3.15. The van der Waals surface area contributed by atoms with Crippen LogP contribution in [0.5, 0.6) is 0 Å². The van der Waals surface area contributed by atoms with Gasteiger partial charge < -0.3 is 10.4 Å². The molecule has 1 aliphatic heterocycles. The largest absolute Gasteiger partial charge is 0.481 e. The van der Waals surface area contributed by atoms with E-state index in [0.29, 0.717) is 17.0 Å². The molecule has 19 heavy (non-hydrogen) atoms. The van der Waals surface area contributed by atoms with Gasteiger partial charge in [-0.05, 0) is 41.9 Å². The zero-order chi connectivity index (χ0) is 13.6. The summed E-state index contributed by atoms with van der Waals surface area (Å²) in [5.41, 5.74) is 1.59. The van der Waals surface area contributed by atoms with Gasteiger partial charge in [-0.15, -0.1) is 0 Å². The molecule has 1 aromatic carbocycles. The quantitative estimate of drug-likeness (QED) is 0.875. The third-order valence-corrected chi connectivity index (χ3v) is 3.82. The highest BCUT2D eigenvalue weighted by Gasteiger charge is 2.35. The number of fused-ring (bicyclic) bond motifs is 1. The fraction of sp³-hybridized carbons (Fsp3) is 0.429. The number of carboxylic acids is 1. The minimum atomic E-state index is -0.869. The van der Waals surface area contributed by atoms with Crippen molar-refractivity contribution < 1.29 is 19.1 Å². The van der Waals surface area contributed by atoms with Gasteiger partial charge in [0.15, 0.2) is 0 Å². The molecular weight excluding hydrogens is 249 g/mol. The summed E-state index contributed by atoms with van der Waals surface area (Å²) in [4.78, 5) is 22.2. The molecule has 1 heterocycles. The van der Waals surface area contributed by atoms with Crippen molar-refractivity contribution in [1.82, 2.24) is 0 Å². The molecule has 1 aliphatic carbocycles. The Morgan fingerprint density at radius 3 is 2.84 bits per heavy atom. The Kier molecular flexibility index (Phi) is 2.77. The van der Waals surface area contributed by atoms with Crippen LogP contribution in [0.3, 0.4) is 0 Å². The molecular formula is C14H14FNO3. The second-order valence-corrected chi connectivity index (χ2v) is 5.30. The van der Waals surface area contributed by atoms with Gasteiger partial charge in [-0.25, -0.2) is 4.39 Å². The van der Waals surface area contributed by atoms with Crippen LogP contribution in [0.2, 0.25) is 0 Å². The van der Waals surface area contributed by atoms with Crippen molar-refractivity contribution in [3.05, 3.63) is 29.1 Å². The van der Waals surface area contributed by atoms with Crippen LogP contribution < -0.4 is 5.32 Å². The van der Waals surface area contributed by atoms with Crippen molar-refractivity contribution >= 4 is 17.6 Å². The number of rotatable bonds is 4. The van der Waals surface area contributed by atoms with E-state index in [0.717, 1.165) is 12.8 Å². The first kappa shape index (κ1) is 12.1. The monoisotopic (exact) mass is 263 g/mol. The number of anilines is 1. The van der Waals surface area contributed by atoms with Crippen LogP contribution in [0.1, 0.15) is 36.3 Å². The zero-order valence-electron chi connectivity index (χ0n) is 10.3. The molecule has 0 spiro atoms. The summed E-state index contributed by atoms with van der Waals surface area (Å²) in [5, 5.41) is 11.5. The highest BCUT2D eigenvalue weighted by Crippen LogP contribution is 2.45. The number of carbonyl (C=O) groups excluding carboxylic acids is 1. The number of hydrogen-bond acceptors (Lipinski definition) is 2. The lowest BCUT2D eigenvalue weighted by Crippen LogP contribution is -2.09. The molecule has 0 saturated heterocycles. The molecule has 1 aromatic rings. The van der Waals surface area contributed by atoms with Gasteiger partial charge in [0.25, 0.3) is 0 Å². The maximum absolute atomic E-state index is 13.9. The van der Waals surface area contributed by atoms with E-state index in [-0.39, 0.29) is 30.4 Å². The number of aliphatic carboxylic acids is 1. The number of amides is 1. The van der Waals surface area contributed by atoms with Gasteiger partial charge in [0.1, 0.15) is 5.82 Å². The Morgan fingerprint density at radius 1 is 1.47 bits per heavy atom. The molecule has 2 N–H and O–H groups in total. The van der Waals surface area contributed by atoms with Crippen LogP contribution in [-0.2, 0) is 16.0 Å². The van der Waals surface area contributed by atoms with E-state index in [1.807, 2.05) is 0 Å². The minimum absolute atomic E-state index is 0.0181. The van der Waals surface area contributed by atoms with Gasteiger partial charge in [0, 0.05) is 0 Å². The van der Waals surface area contributed by atoms with Crippen molar-refractivity contribution in [2.24, 2.45) is 5.92 Å².